The second kappa shape index (κ2) is 8.17. The molecule has 0 saturated heterocycles. The molecule has 0 aliphatic rings. The van der Waals surface area contributed by atoms with E-state index in [9.17, 15) is 4.79 Å². The molecule has 0 unspecified atom stereocenters. The molecule has 1 amide bonds. The zero-order chi connectivity index (χ0) is 16.8. The van der Waals surface area contributed by atoms with E-state index in [0.717, 1.165) is 26.9 Å². The average Bonchev–Trinajstić information content (AvgIpc) is 2.97. The number of benzene rings is 1. The van der Waals surface area contributed by atoms with Crippen molar-refractivity contribution in [3.05, 3.63) is 45.9 Å². The number of thioether (sulfide) groups is 1. The van der Waals surface area contributed by atoms with Gasteiger partial charge >= 0.3 is 0 Å². The molecule has 1 aromatic heterocycles. The number of aryl methyl sites for hydroxylation is 1. The normalized spacial score (nSPS) is 11.0. The minimum absolute atomic E-state index is 0.0523. The highest BCUT2D eigenvalue weighted by Gasteiger charge is 2.09. The first kappa shape index (κ1) is 17.6. The lowest BCUT2D eigenvalue weighted by Gasteiger charge is -2.16. The lowest BCUT2D eigenvalue weighted by Crippen LogP contribution is -2.24. The molecule has 2 aromatic rings. The number of carbonyl (C=O) groups excluding carboxylic acids is 1. The Labute approximate surface area is 145 Å². The van der Waals surface area contributed by atoms with Crippen LogP contribution < -0.4 is 4.74 Å². The molecule has 0 aliphatic heterocycles. The summed E-state index contributed by atoms with van der Waals surface area (Å²) in [4.78, 5) is 19.3. The van der Waals surface area contributed by atoms with Crippen LogP contribution in [0.3, 0.4) is 0 Å². The van der Waals surface area contributed by atoms with E-state index in [4.69, 9.17) is 4.74 Å². The minimum atomic E-state index is -0.0523. The van der Waals surface area contributed by atoms with Gasteiger partial charge in [0.05, 0.1) is 17.8 Å². The molecule has 1 heterocycles. The SMILES string of the molecule is COc1cc(CN(C)C(=O)C=Cc2csc(C)n2)ccc1SC. The van der Waals surface area contributed by atoms with Crippen molar-refractivity contribution in [1.82, 2.24) is 9.88 Å². The van der Waals surface area contributed by atoms with Crippen LogP contribution in [0, 0.1) is 6.92 Å². The Morgan fingerprint density at radius 1 is 1.48 bits per heavy atom. The van der Waals surface area contributed by atoms with Crippen LogP contribution in [0.15, 0.2) is 34.6 Å². The van der Waals surface area contributed by atoms with Gasteiger partial charge in [0.15, 0.2) is 0 Å². The van der Waals surface area contributed by atoms with E-state index in [2.05, 4.69) is 4.98 Å². The third-order valence-corrected chi connectivity index (χ3v) is 4.85. The van der Waals surface area contributed by atoms with Gasteiger partial charge in [-0.25, -0.2) is 4.98 Å². The first-order valence-electron chi connectivity index (χ1n) is 7.09. The molecule has 0 radical (unpaired) electrons. The lowest BCUT2D eigenvalue weighted by molar-refractivity contribution is -0.125. The van der Waals surface area contributed by atoms with Crippen molar-refractivity contribution < 1.29 is 9.53 Å². The summed E-state index contributed by atoms with van der Waals surface area (Å²) in [7, 11) is 3.44. The predicted octanol–water partition coefficient (Wildman–Crippen LogP) is 3.85. The van der Waals surface area contributed by atoms with Crippen molar-refractivity contribution in [2.45, 2.75) is 18.4 Å². The highest BCUT2D eigenvalue weighted by molar-refractivity contribution is 7.98. The molecule has 0 N–H and O–H groups in total. The zero-order valence-corrected chi connectivity index (χ0v) is 15.3. The Morgan fingerprint density at radius 2 is 2.26 bits per heavy atom. The van der Waals surface area contributed by atoms with Crippen LogP contribution in [0.25, 0.3) is 6.08 Å². The maximum Gasteiger partial charge on any atom is 0.246 e. The van der Waals surface area contributed by atoms with Gasteiger partial charge in [0.25, 0.3) is 0 Å². The summed E-state index contributed by atoms with van der Waals surface area (Å²) in [6.45, 7) is 2.48. The van der Waals surface area contributed by atoms with Crippen LogP contribution in [0.5, 0.6) is 5.75 Å². The van der Waals surface area contributed by atoms with Crippen LogP contribution >= 0.6 is 23.1 Å². The lowest BCUT2D eigenvalue weighted by atomic mass is 10.2. The maximum atomic E-state index is 12.2. The Kier molecular flexibility index (Phi) is 6.24. The van der Waals surface area contributed by atoms with E-state index in [1.165, 1.54) is 0 Å². The van der Waals surface area contributed by atoms with Gasteiger partial charge in [-0.1, -0.05) is 6.07 Å². The van der Waals surface area contributed by atoms with E-state index in [1.54, 1.807) is 54.3 Å². The number of carbonyl (C=O) groups is 1. The summed E-state index contributed by atoms with van der Waals surface area (Å²) < 4.78 is 5.38. The van der Waals surface area contributed by atoms with Gasteiger partial charge in [0, 0.05) is 29.9 Å². The summed E-state index contributed by atoms with van der Waals surface area (Å²) in [6.07, 6.45) is 5.32. The first-order valence-corrected chi connectivity index (χ1v) is 9.20. The van der Waals surface area contributed by atoms with Crippen molar-refractivity contribution in [2.24, 2.45) is 0 Å². The quantitative estimate of drug-likeness (QED) is 0.587. The van der Waals surface area contributed by atoms with Crippen LogP contribution in [-0.4, -0.2) is 36.2 Å². The van der Waals surface area contributed by atoms with Crippen LogP contribution in [0.1, 0.15) is 16.3 Å². The highest BCUT2D eigenvalue weighted by atomic mass is 32.2. The van der Waals surface area contributed by atoms with E-state index in [0.29, 0.717) is 6.54 Å². The van der Waals surface area contributed by atoms with Gasteiger partial charge in [0.2, 0.25) is 5.91 Å². The number of aromatic nitrogens is 1. The number of hydrogen-bond acceptors (Lipinski definition) is 5. The number of hydrogen-bond donors (Lipinski definition) is 0. The maximum absolute atomic E-state index is 12.2. The van der Waals surface area contributed by atoms with Gasteiger partial charge < -0.3 is 9.64 Å². The van der Waals surface area contributed by atoms with E-state index < -0.39 is 0 Å². The molecule has 0 saturated carbocycles. The van der Waals surface area contributed by atoms with E-state index >= 15 is 0 Å². The molecule has 0 bridgehead atoms. The molecule has 4 nitrogen and oxygen atoms in total. The number of ether oxygens (including phenoxy) is 1. The first-order chi connectivity index (χ1) is 11.0. The fourth-order valence-corrected chi connectivity index (χ4v) is 3.20. The molecule has 2 rings (SSSR count). The predicted molar refractivity (Wildman–Crippen MR) is 97.1 cm³/mol. The average molecular weight is 348 g/mol. The fourth-order valence-electron chi connectivity index (χ4n) is 2.07. The molecule has 0 atom stereocenters. The largest absolute Gasteiger partial charge is 0.496 e. The monoisotopic (exact) mass is 348 g/mol. The number of likely N-dealkylation sites (N-methyl/N-ethyl adjacent to an activating group) is 1. The molecular formula is C17H20N2O2S2. The highest BCUT2D eigenvalue weighted by Crippen LogP contribution is 2.28. The van der Waals surface area contributed by atoms with E-state index in [-0.39, 0.29) is 5.91 Å². The van der Waals surface area contributed by atoms with Crippen LogP contribution in [-0.2, 0) is 11.3 Å². The molecule has 23 heavy (non-hydrogen) atoms. The van der Waals surface area contributed by atoms with Crippen molar-refractivity contribution in [2.75, 3.05) is 20.4 Å². The fraction of sp³-hybridized carbons (Fsp3) is 0.294. The second-order valence-electron chi connectivity index (χ2n) is 5.01. The molecule has 0 aliphatic carbocycles. The summed E-state index contributed by atoms with van der Waals surface area (Å²) in [5.74, 6) is 0.785. The third kappa shape index (κ3) is 4.84. The Balaban J connectivity index is 2.02. The number of thiazole rings is 1. The number of nitrogens with zero attached hydrogens (tertiary/aromatic N) is 2. The molecule has 0 spiro atoms. The Bertz CT molecular complexity index is 710. The van der Waals surface area contributed by atoms with Crippen LogP contribution in [0.2, 0.25) is 0 Å². The summed E-state index contributed by atoms with van der Waals surface area (Å²) in [5, 5.41) is 2.93. The van der Waals surface area contributed by atoms with Crippen molar-refractivity contribution in [3.8, 4) is 5.75 Å². The van der Waals surface area contributed by atoms with Gasteiger partial charge in [0.1, 0.15) is 5.75 Å². The van der Waals surface area contributed by atoms with Crippen molar-refractivity contribution >= 4 is 35.1 Å². The number of methoxy groups -OCH3 is 1. The Morgan fingerprint density at radius 3 is 2.87 bits per heavy atom. The summed E-state index contributed by atoms with van der Waals surface area (Å²) in [6, 6.07) is 6.01. The van der Waals surface area contributed by atoms with Gasteiger partial charge in [-0.05, 0) is 37.0 Å². The molecule has 122 valence electrons. The topological polar surface area (TPSA) is 42.4 Å². The molecule has 0 fully saturated rings. The molecular weight excluding hydrogens is 328 g/mol. The van der Waals surface area contributed by atoms with Gasteiger partial charge in [-0.3, -0.25) is 4.79 Å². The van der Waals surface area contributed by atoms with Crippen molar-refractivity contribution in [3.63, 3.8) is 0 Å². The summed E-state index contributed by atoms with van der Waals surface area (Å²) >= 11 is 3.21. The van der Waals surface area contributed by atoms with Crippen molar-refractivity contribution in [1.29, 1.82) is 0 Å². The standard InChI is InChI=1S/C17H20N2O2S2/c1-12-18-14(11-23-12)6-8-17(20)19(2)10-13-5-7-16(22-4)15(9-13)21-3/h5-9,11H,10H2,1-4H3. The zero-order valence-electron chi connectivity index (χ0n) is 13.7. The number of rotatable bonds is 6. The third-order valence-electron chi connectivity index (χ3n) is 3.28. The molecule has 6 heteroatoms. The van der Waals surface area contributed by atoms with Gasteiger partial charge in [-0.15, -0.1) is 23.1 Å². The Hall–Kier alpha value is -1.79. The van der Waals surface area contributed by atoms with Gasteiger partial charge in [-0.2, -0.15) is 0 Å². The number of amides is 1. The summed E-state index contributed by atoms with van der Waals surface area (Å²) in [5.41, 5.74) is 1.86. The van der Waals surface area contributed by atoms with Crippen LogP contribution in [0.4, 0.5) is 0 Å². The van der Waals surface area contributed by atoms with E-state index in [1.807, 2.05) is 36.8 Å². The smallest absolute Gasteiger partial charge is 0.246 e. The molecule has 1 aromatic carbocycles. The minimum Gasteiger partial charge on any atom is -0.496 e. The second-order valence-corrected chi connectivity index (χ2v) is 6.92.